The summed E-state index contributed by atoms with van der Waals surface area (Å²) in [7, 11) is 2.86. The molecule has 2 heterocycles. The van der Waals surface area contributed by atoms with E-state index < -0.39 is 35.5 Å². The Kier molecular flexibility index (Phi) is 16.1. The number of piperidine rings is 2. The van der Waals surface area contributed by atoms with Crippen LogP contribution in [0.15, 0.2) is 69.0 Å². The van der Waals surface area contributed by atoms with Crippen LogP contribution >= 0.6 is 0 Å². The van der Waals surface area contributed by atoms with Gasteiger partial charge < -0.3 is 41.4 Å². The number of hydrogen-bond acceptors (Lipinski definition) is 14. The molecule has 3 aromatic carbocycles. The van der Waals surface area contributed by atoms with Crippen molar-refractivity contribution in [2.45, 2.75) is 155 Å². The number of carbonyl (C=O) groups is 6. The number of carbonyl (C=O) groups excluding carboxylic acids is 6. The molecule has 2 saturated heterocycles. The number of benzene rings is 3. The number of rotatable bonds is 16. The van der Waals surface area contributed by atoms with Crippen LogP contribution in [0.2, 0.25) is 0 Å². The van der Waals surface area contributed by atoms with Crippen molar-refractivity contribution in [1.29, 1.82) is 0 Å². The zero-order valence-electron chi connectivity index (χ0n) is 41.8. The normalized spacial score (nSPS) is 18.6. The maximum Gasteiger partial charge on any atom is 0.258 e. The largest absolute Gasteiger partial charge is 0.494 e. The SMILES string of the molecule is COc1ccc(C(=O)NC2CC(C)(C)NC(C)(C)C2)cc1/N=N/C(C(C)=O)C(=O)Nc1cc(C)c(NC(=O)C(/N=N/c2cc(C(=O)NC3CC(C)(C)NC(C)(C)C3)ccc2OC)C(C)=O)cc1C. The Morgan fingerprint density at radius 3 is 1.18 bits per heavy atom. The number of Topliss-reactive ketones (excluding diaryl/α,β-unsaturated/α-hetero) is 2. The summed E-state index contributed by atoms with van der Waals surface area (Å²) >= 11 is 0. The predicted molar refractivity (Wildman–Crippen MR) is 261 cm³/mol. The lowest BCUT2D eigenvalue weighted by Crippen LogP contribution is -2.62. The van der Waals surface area contributed by atoms with Crippen molar-refractivity contribution in [1.82, 2.24) is 21.3 Å². The van der Waals surface area contributed by atoms with Gasteiger partial charge in [-0.1, -0.05) is 0 Å². The molecule has 0 aromatic heterocycles. The third-order valence-electron chi connectivity index (χ3n) is 11.8. The van der Waals surface area contributed by atoms with Gasteiger partial charge in [0, 0.05) is 56.7 Å². The van der Waals surface area contributed by atoms with Crippen LogP contribution in [0, 0.1) is 13.8 Å². The molecule has 3 aromatic rings. The molecule has 68 heavy (non-hydrogen) atoms. The lowest BCUT2D eigenvalue weighted by molar-refractivity contribution is -0.127. The minimum absolute atomic E-state index is 0.0777. The molecule has 0 radical (unpaired) electrons. The number of amides is 4. The molecule has 18 heteroatoms. The van der Waals surface area contributed by atoms with Crippen LogP contribution in [0.3, 0.4) is 0 Å². The van der Waals surface area contributed by atoms with Gasteiger partial charge in [0.2, 0.25) is 12.1 Å². The molecule has 2 fully saturated rings. The highest BCUT2D eigenvalue weighted by atomic mass is 16.5. The van der Waals surface area contributed by atoms with Crippen LogP contribution in [-0.4, -0.2) is 95.7 Å². The van der Waals surface area contributed by atoms with Gasteiger partial charge in [-0.2, -0.15) is 20.5 Å². The van der Waals surface area contributed by atoms with Crippen molar-refractivity contribution in [2.24, 2.45) is 20.5 Å². The Bertz CT molecular complexity index is 2310. The summed E-state index contributed by atoms with van der Waals surface area (Å²) < 4.78 is 10.9. The van der Waals surface area contributed by atoms with E-state index in [1.807, 2.05) is 0 Å². The number of ether oxygens (including phenoxy) is 2. The summed E-state index contributed by atoms with van der Waals surface area (Å²) in [6.45, 7) is 22.6. The molecular weight excluding hydrogens is 869 g/mol. The van der Waals surface area contributed by atoms with E-state index in [4.69, 9.17) is 9.47 Å². The molecule has 2 aliphatic heterocycles. The maximum atomic E-state index is 13.6. The van der Waals surface area contributed by atoms with E-state index in [1.165, 1.54) is 40.2 Å². The lowest BCUT2D eigenvalue weighted by atomic mass is 9.79. The highest BCUT2D eigenvalue weighted by molar-refractivity contribution is 6.12. The number of azo groups is 2. The number of aryl methyl sites for hydroxylation is 2. The standard InChI is InChI=1S/C50H68N10O8/c1-27-19-36(54-46(66)42(30(4)62)58-56-38-22-32(16-18-40(38)68-14)44(64)52-34-25-49(9,10)60-50(11,12)26-34)28(2)20-35(27)53-45(65)41(29(3)61)57-55-37-21-31(15-17-39(37)67-13)43(63)51-33-23-47(5,6)59-48(7,8)24-33/h15-22,33-34,41-42,59-60H,23-26H2,1-14H3,(H,51,63)(H,52,64)(H,53,65)(H,54,66)/b57-55+,58-56+. The number of ketones is 2. The van der Waals surface area contributed by atoms with Crippen LogP contribution in [0.5, 0.6) is 11.5 Å². The van der Waals surface area contributed by atoms with Gasteiger partial charge in [-0.15, -0.1) is 0 Å². The monoisotopic (exact) mass is 937 g/mol. The van der Waals surface area contributed by atoms with Crippen molar-refractivity contribution in [3.63, 3.8) is 0 Å². The second-order valence-electron chi connectivity index (χ2n) is 20.6. The van der Waals surface area contributed by atoms with E-state index in [2.05, 4.69) is 108 Å². The minimum Gasteiger partial charge on any atom is -0.494 e. The molecule has 5 rings (SSSR count). The summed E-state index contributed by atoms with van der Waals surface area (Å²) in [5, 5.41) is 35.6. The molecule has 366 valence electrons. The molecule has 0 aliphatic carbocycles. The Balaban J connectivity index is 1.27. The summed E-state index contributed by atoms with van der Waals surface area (Å²) in [6.07, 6.45) is 2.93. The fourth-order valence-corrected chi connectivity index (χ4v) is 9.57. The Hall–Kier alpha value is -6.40. The first-order valence-corrected chi connectivity index (χ1v) is 22.7. The Morgan fingerprint density at radius 1 is 0.559 bits per heavy atom. The van der Waals surface area contributed by atoms with E-state index >= 15 is 0 Å². The molecule has 2 atom stereocenters. The van der Waals surface area contributed by atoms with Crippen molar-refractivity contribution in [2.75, 3.05) is 24.9 Å². The van der Waals surface area contributed by atoms with Gasteiger partial charge in [0.25, 0.3) is 23.6 Å². The second kappa shape index (κ2) is 20.9. The quantitative estimate of drug-likeness (QED) is 0.0602. The summed E-state index contributed by atoms with van der Waals surface area (Å²) in [4.78, 5) is 79.7. The number of methoxy groups -OCH3 is 2. The first-order chi connectivity index (χ1) is 31.6. The van der Waals surface area contributed by atoms with Crippen molar-refractivity contribution < 1.29 is 38.2 Å². The van der Waals surface area contributed by atoms with Gasteiger partial charge in [-0.3, -0.25) is 28.8 Å². The lowest BCUT2D eigenvalue weighted by Gasteiger charge is -2.46. The van der Waals surface area contributed by atoms with E-state index in [1.54, 1.807) is 50.2 Å². The smallest absolute Gasteiger partial charge is 0.258 e. The number of nitrogens with zero attached hydrogens (tertiary/aromatic N) is 4. The van der Waals surface area contributed by atoms with Crippen molar-refractivity contribution >= 4 is 57.9 Å². The molecule has 4 amide bonds. The number of hydrogen-bond donors (Lipinski definition) is 6. The fourth-order valence-electron chi connectivity index (χ4n) is 9.57. The van der Waals surface area contributed by atoms with Crippen LogP contribution in [-0.2, 0) is 19.2 Å². The average molecular weight is 937 g/mol. The van der Waals surface area contributed by atoms with Crippen molar-refractivity contribution in [3.05, 3.63) is 70.8 Å². The minimum atomic E-state index is -1.56. The summed E-state index contributed by atoms with van der Waals surface area (Å²) in [6, 6.07) is 9.30. The predicted octanol–water partition coefficient (Wildman–Crippen LogP) is 7.76. The number of anilines is 2. The first-order valence-electron chi connectivity index (χ1n) is 22.7. The van der Waals surface area contributed by atoms with Crippen molar-refractivity contribution in [3.8, 4) is 11.5 Å². The molecule has 2 aliphatic rings. The zero-order chi connectivity index (χ0) is 50.5. The van der Waals surface area contributed by atoms with E-state index in [0.717, 1.165) is 25.7 Å². The molecule has 2 unspecified atom stereocenters. The maximum absolute atomic E-state index is 13.6. The van der Waals surface area contributed by atoms with Crippen LogP contribution in [0.1, 0.15) is 127 Å². The van der Waals surface area contributed by atoms with E-state index in [0.29, 0.717) is 33.6 Å². The van der Waals surface area contributed by atoms with Crippen LogP contribution in [0.4, 0.5) is 22.7 Å². The second-order valence-corrected chi connectivity index (χ2v) is 20.6. The highest BCUT2D eigenvalue weighted by Crippen LogP contribution is 2.34. The van der Waals surface area contributed by atoms with Gasteiger partial charge in [0.1, 0.15) is 22.9 Å². The molecular formula is C50H68N10O8. The van der Waals surface area contributed by atoms with Crippen LogP contribution < -0.4 is 41.4 Å². The van der Waals surface area contributed by atoms with E-state index in [9.17, 15) is 28.8 Å². The summed E-state index contributed by atoms with van der Waals surface area (Å²) in [5.41, 5.74) is 1.88. The first kappa shape index (κ1) is 52.6. The molecule has 6 N–H and O–H groups in total. The van der Waals surface area contributed by atoms with Crippen LogP contribution in [0.25, 0.3) is 0 Å². The average Bonchev–Trinajstić information content (AvgIpc) is 3.20. The highest BCUT2D eigenvalue weighted by Gasteiger charge is 2.40. The van der Waals surface area contributed by atoms with Gasteiger partial charge in [-0.05, 0) is 168 Å². The Morgan fingerprint density at radius 2 is 0.882 bits per heavy atom. The van der Waals surface area contributed by atoms with Gasteiger partial charge in [0.05, 0.1) is 14.2 Å². The van der Waals surface area contributed by atoms with Gasteiger partial charge in [0.15, 0.2) is 11.6 Å². The molecule has 18 nitrogen and oxygen atoms in total. The number of nitrogens with one attached hydrogen (secondary N) is 6. The zero-order valence-corrected chi connectivity index (χ0v) is 41.8. The molecule has 0 spiro atoms. The third-order valence-corrected chi connectivity index (χ3v) is 11.8. The van der Waals surface area contributed by atoms with Gasteiger partial charge >= 0.3 is 0 Å². The fraction of sp³-hybridized carbons (Fsp3) is 0.520. The Labute approximate surface area is 399 Å². The molecule has 0 bridgehead atoms. The third kappa shape index (κ3) is 13.8. The summed E-state index contributed by atoms with van der Waals surface area (Å²) in [5.74, 6) is -2.75. The molecule has 0 saturated carbocycles. The topological polar surface area (TPSA) is 242 Å². The van der Waals surface area contributed by atoms with E-state index in [-0.39, 0.29) is 68.9 Å². The van der Waals surface area contributed by atoms with Gasteiger partial charge in [-0.25, -0.2) is 0 Å².